The summed E-state index contributed by atoms with van der Waals surface area (Å²) in [4.78, 5) is 21.0. The van der Waals surface area contributed by atoms with E-state index in [9.17, 15) is 14.7 Å². The van der Waals surface area contributed by atoms with Crippen LogP contribution in [0.2, 0.25) is 0 Å². The average Bonchev–Trinajstić information content (AvgIpc) is 2.07. The number of hydrogen-bond donors (Lipinski definition) is 4. The van der Waals surface area contributed by atoms with Crippen LogP contribution < -0.4 is 40.0 Å². The summed E-state index contributed by atoms with van der Waals surface area (Å²) in [6, 6.07) is -1.69. The van der Waals surface area contributed by atoms with Gasteiger partial charge in [0.1, 0.15) is 12.2 Å². The summed E-state index contributed by atoms with van der Waals surface area (Å²) in [7, 11) is 0. The van der Waals surface area contributed by atoms with Crippen molar-refractivity contribution in [2.45, 2.75) is 24.4 Å². The van der Waals surface area contributed by atoms with Crippen LogP contribution in [0.1, 0.15) is 0 Å². The van der Waals surface area contributed by atoms with Crippen LogP contribution in [-0.2, 0) is 9.59 Å². The number of carbonyl (C=O) groups is 2. The summed E-state index contributed by atoms with van der Waals surface area (Å²) in [5.41, 5.74) is 0. The van der Waals surface area contributed by atoms with Crippen LogP contribution in [0.5, 0.6) is 0 Å². The molecule has 7 nitrogen and oxygen atoms in total. The van der Waals surface area contributed by atoms with Gasteiger partial charge in [0.25, 0.3) is 5.91 Å². The molecule has 1 fully saturated rings. The Morgan fingerprint density at radius 2 is 1.79 bits per heavy atom. The number of aliphatic hydroxyl groups is 3. The molecule has 0 aliphatic carbocycles. The van der Waals surface area contributed by atoms with Crippen LogP contribution in [0.25, 0.3) is 0 Å². The van der Waals surface area contributed by atoms with Crippen molar-refractivity contribution in [2.24, 2.45) is 0 Å². The molecule has 1 aliphatic rings. The molecule has 0 aromatic carbocycles. The van der Waals surface area contributed by atoms with Gasteiger partial charge in [-0.05, 0) is 0 Å². The second-order valence-electron chi connectivity index (χ2n) is 2.73. The average molecular weight is 213 g/mol. The van der Waals surface area contributed by atoms with Crippen molar-refractivity contribution in [2.75, 3.05) is 0 Å². The molecule has 0 radical (unpaired) electrons. The van der Waals surface area contributed by atoms with Crippen molar-refractivity contribution in [3.63, 3.8) is 0 Å². The van der Waals surface area contributed by atoms with Gasteiger partial charge in [-0.1, -0.05) is 0 Å². The Bertz CT molecular complexity index is 246. The minimum absolute atomic E-state index is 0. The summed E-state index contributed by atoms with van der Waals surface area (Å²) in [5.74, 6) is -2.76. The van der Waals surface area contributed by atoms with Crippen LogP contribution >= 0.6 is 0 Å². The van der Waals surface area contributed by atoms with Gasteiger partial charge < -0.3 is 30.5 Å². The van der Waals surface area contributed by atoms with Crippen LogP contribution in [0, 0.1) is 0 Å². The first kappa shape index (κ1) is 13.8. The van der Waals surface area contributed by atoms with E-state index in [0.717, 1.165) is 0 Å². The summed E-state index contributed by atoms with van der Waals surface area (Å²) in [6.07, 6.45) is -5.39. The summed E-state index contributed by atoms with van der Waals surface area (Å²) in [5, 5.41) is 39.0. The van der Waals surface area contributed by atoms with Crippen LogP contribution in [0.4, 0.5) is 0 Å². The predicted octanol–water partition coefficient (Wildman–Crippen LogP) is -7.68. The van der Waals surface area contributed by atoms with Gasteiger partial charge >= 0.3 is 29.6 Å². The first-order valence-corrected chi connectivity index (χ1v) is 3.50. The summed E-state index contributed by atoms with van der Waals surface area (Å²) < 4.78 is 0. The maximum absolute atomic E-state index is 10.7. The minimum Gasteiger partial charge on any atom is -0.548 e. The molecule has 8 heteroatoms. The van der Waals surface area contributed by atoms with E-state index < -0.39 is 36.2 Å². The number of piperidine rings is 1. The Morgan fingerprint density at radius 3 is 2.21 bits per heavy atom. The molecular weight excluding hydrogens is 205 g/mol. The zero-order chi connectivity index (χ0) is 10.2. The Morgan fingerprint density at radius 1 is 1.29 bits per heavy atom. The van der Waals surface area contributed by atoms with Gasteiger partial charge in [0, 0.05) is 0 Å². The Kier molecular flexibility index (Phi) is 4.99. The van der Waals surface area contributed by atoms with Crippen molar-refractivity contribution in [1.29, 1.82) is 0 Å². The molecule has 1 amide bonds. The van der Waals surface area contributed by atoms with E-state index >= 15 is 0 Å². The number of carbonyl (C=O) groups excluding carboxylic acids is 2. The number of hydrogen-bond acceptors (Lipinski definition) is 6. The van der Waals surface area contributed by atoms with Crippen LogP contribution in [-0.4, -0.2) is 51.5 Å². The second-order valence-corrected chi connectivity index (χ2v) is 2.73. The topological polar surface area (TPSA) is 130 Å². The molecule has 0 bridgehead atoms. The zero-order valence-electron chi connectivity index (χ0n) is 7.38. The second kappa shape index (κ2) is 5.06. The standard InChI is InChI=1S/C6H9NO6.Na/c8-2-1(6(12)13)7-5(11)4(10)3(2)9;/h1-4,8-10H,(H,7,11)(H,12,13);/q;+1/p-1/t1-,2+,3-,4+;/m0./s1. The maximum Gasteiger partial charge on any atom is 1.00 e. The van der Waals surface area contributed by atoms with E-state index in [-0.39, 0.29) is 29.6 Å². The number of carboxylic acid groups (broad SMARTS) is 1. The molecule has 1 saturated heterocycles. The van der Waals surface area contributed by atoms with Crippen LogP contribution in [0.15, 0.2) is 0 Å². The third-order valence-corrected chi connectivity index (χ3v) is 1.84. The zero-order valence-corrected chi connectivity index (χ0v) is 9.38. The molecule has 0 saturated carbocycles. The van der Waals surface area contributed by atoms with Crippen molar-refractivity contribution in [3.8, 4) is 0 Å². The molecule has 0 spiro atoms. The molecule has 0 aromatic rings. The number of aliphatic carboxylic acids is 1. The fourth-order valence-electron chi connectivity index (χ4n) is 1.06. The largest absolute Gasteiger partial charge is 1.00 e. The molecule has 0 unspecified atom stereocenters. The molecule has 14 heavy (non-hydrogen) atoms. The van der Waals surface area contributed by atoms with Crippen LogP contribution in [0.3, 0.4) is 0 Å². The van der Waals surface area contributed by atoms with Crippen molar-refractivity contribution in [3.05, 3.63) is 0 Å². The van der Waals surface area contributed by atoms with Crippen molar-refractivity contribution in [1.82, 2.24) is 5.32 Å². The van der Waals surface area contributed by atoms with E-state index in [1.54, 1.807) is 5.32 Å². The Balaban J connectivity index is 0.00000169. The van der Waals surface area contributed by atoms with E-state index in [4.69, 9.17) is 15.3 Å². The third kappa shape index (κ3) is 2.44. The van der Waals surface area contributed by atoms with E-state index in [2.05, 4.69) is 0 Å². The first-order chi connectivity index (χ1) is 5.95. The SMILES string of the molecule is O=C([O-])[C@H]1NC(=O)[C@H](O)[C@@H](O)[C@@H]1O.[Na+]. The predicted molar refractivity (Wildman–Crippen MR) is 35.0 cm³/mol. The number of nitrogens with one attached hydrogen (secondary N) is 1. The molecule has 4 N–H and O–H groups in total. The minimum atomic E-state index is -1.81. The van der Waals surface area contributed by atoms with Gasteiger partial charge in [-0.2, -0.15) is 0 Å². The van der Waals surface area contributed by atoms with E-state index in [1.807, 2.05) is 0 Å². The third-order valence-electron chi connectivity index (χ3n) is 1.84. The summed E-state index contributed by atoms with van der Waals surface area (Å²) >= 11 is 0. The quantitative estimate of drug-likeness (QED) is 0.320. The van der Waals surface area contributed by atoms with Gasteiger partial charge in [0.15, 0.2) is 6.10 Å². The van der Waals surface area contributed by atoms with Crippen molar-refractivity contribution < 1.29 is 59.6 Å². The van der Waals surface area contributed by atoms with Gasteiger partial charge in [-0.15, -0.1) is 0 Å². The number of amides is 1. The molecule has 0 aromatic heterocycles. The summed E-state index contributed by atoms with van der Waals surface area (Å²) in [6.45, 7) is 0. The molecule has 1 rings (SSSR count). The molecule has 74 valence electrons. The smallest absolute Gasteiger partial charge is 0.548 e. The normalized spacial score (nSPS) is 36.9. The van der Waals surface area contributed by atoms with Gasteiger partial charge in [0.2, 0.25) is 0 Å². The monoisotopic (exact) mass is 213 g/mol. The van der Waals surface area contributed by atoms with Gasteiger partial charge in [-0.25, -0.2) is 0 Å². The molecule has 1 aliphatic heterocycles. The van der Waals surface area contributed by atoms with Gasteiger partial charge in [0.05, 0.1) is 12.0 Å². The van der Waals surface area contributed by atoms with E-state index in [1.165, 1.54) is 0 Å². The fourth-order valence-corrected chi connectivity index (χ4v) is 1.06. The Hall–Kier alpha value is -0.180. The molecular formula is C6H8NNaO6. The number of aliphatic hydroxyl groups excluding tert-OH is 3. The maximum atomic E-state index is 10.7. The molecule has 4 atom stereocenters. The van der Waals surface area contributed by atoms with Crippen molar-refractivity contribution >= 4 is 11.9 Å². The fraction of sp³-hybridized carbons (Fsp3) is 0.667. The first-order valence-electron chi connectivity index (χ1n) is 3.50. The number of rotatable bonds is 1. The number of carboxylic acids is 1. The Labute approximate surface area is 101 Å². The van der Waals surface area contributed by atoms with E-state index in [0.29, 0.717) is 0 Å². The van der Waals surface area contributed by atoms with Gasteiger partial charge in [-0.3, -0.25) is 4.79 Å². The molecule has 1 heterocycles.